The van der Waals surface area contributed by atoms with Gasteiger partial charge in [-0.05, 0) is 66.9 Å². The molecule has 184 valence electrons. The summed E-state index contributed by atoms with van der Waals surface area (Å²) in [4.78, 5) is 18.4. The third kappa shape index (κ3) is 4.85. The van der Waals surface area contributed by atoms with E-state index < -0.39 is 16.1 Å². The number of pyridine rings is 1. The number of aromatic nitrogens is 3. The molecule has 0 spiro atoms. The van der Waals surface area contributed by atoms with E-state index in [2.05, 4.69) is 19.9 Å². The highest BCUT2D eigenvalue weighted by molar-refractivity contribution is 7.90. The average Bonchev–Trinajstić information content (AvgIpc) is 3.35. The fourth-order valence-electron chi connectivity index (χ4n) is 4.49. The number of rotatable bonds is 5. The summed E-state index contributed by atoms with van der Waals surface area (Å²) in [6, 6.07) is 17.2. The molecule has 2 aromatic heterocycles. The summed E-state index contributed by atoms with van der Waals surface area (Å²) in [5, 5.41) is 7.74. The zero-order valence-electron chi connectivity index (χ0n) is 19.3. The van der Waals surface area contributed by atoms with Gasteiger partial charge in [-0.1, -0.05) is 18.2 Å². The van der Waals surface area contributed by atoms with Crippen LogP contribution in [0.25, 0.3) is 22.4 Å². The Labute approximate surface area is 208 Å². The van der Waals surface area contributed by atoms with Gasteiger partial charge in [-0.2, -0.15) is 5.10 Å². The molecule has 10 heteroatoms. The molecule has 1 aliphatic rings. The molecular formula is C26H24FN5O3S. The number of benzene rings is 2. The molecule has 1 fully saturated rings. The van der Waals surface area contributed by atoms with Crippen LogP contribution < -0.4 is 4.72 Å². The third-order valence-corrected chi connectivity index (χ3v) is 7.68. The predicted molar refractivity (Wildman–Crippen MR) is 133 cm³/mol. The summed E-state index contributed by atoms with van der Waals surface area (Å²) in [7, 11) is -3.94. The topological polar surface area (TPSA) is 108 Å². The lowest BCUT2D eigenvalue weighted by Crippen LogP contribution is -2.46. The summed E-state index contributed by atoms with van der Waals surface area (Å²) in [5.74, 6) is -0.246. The van der Waals surface area contributed by atoms with E-state index in [1.807, 2.05) is 12.1 Å². The van der Waals surface area contributed by atoms with Gasteiger partial charge < -0.3 is 4.90 Å². The van der Waals surface area contributed by atoms with Crippen LogP contribution in [0.2, 0.25) is 0 Å². The second kappa shape index (κ2) is 9.90. The lowest BCUT2D eigenvalue weighted by molar-refractivity contribution is 0.186. The van der Waals surface area contributed by atoms with E-state index in [4.69, 9.17) is 0 Å². The van der Waals surface area contributed by atoms with Crippen molar-refractivity contribution in [3.8, 4) is 22.4 Å². The highest BCUT2D eigenvalue weighted by Crippen LogP contribution is 2.39. The van der Waals surface area contributed by atoms with Gasteiger partial charge in [0.1, 0.15) is 11.5 Å². The Bertz CT molecular complexity index is 1450. The van der Waals surface area contributed by atoms with E-state index in [9.17, 15) is 17.6 Å². The molecule has 0 saturated carbocycles. The fourth-order valence-corrected chi connectivity index (χ4v) is 5.48. The molecule has 1 aliphatic heterocycles. The SMILES string of the molecule is O=C(NS(=O)(=O)c1ccccc1)N1CCC(c2[nH]nc(-c3ccc(F)cc3)c2-c2ccncc2)CC1. The number of carbonyl (C=O) groups is 1. The zero-order chi connectivity index (χ0) is 25.1. The molecule has 8 nitrogen and oxygen atoms in total. The van der Waals surface area contributed by atoms with Crippen LogP contribution in [0.5, 0.6) is 0 Å². The highest BCUT2D eigenvalue weighted by Gasteiger charge is 2.30. The molecule has 0 aliphatic carbocycles. The summed E-state index contributed by atoms with van der Waals surface area (Å²) in [6.45, 7) is 0.781. The van der Waals surface area contributed by atoms with Gasteiger partial charge in [-0.25, -0.2) is 22.3 Å². The number of hydrogen-bond acceptors (Lipinski definition) is 5. The quantitative estimate of drug-likeness (QED) is 0.414. The van der Waals surface area contributed by atoms with E-state index in [1.165, 1.54) is 29.2 Å². The molecule has 36 heavy (non-hydrogen) atoms. The molecule has 2 aromatic carbocycles. The number of sulfonamides is 1. The minimum Gasteiger partial charge on any atom is -0.324 e. The number of urea groups is 1. The van der Waals surface area contributed by atoms with Gasteiger partial charge in [-0.3, -0.25) is 10.1 Å². The number of piperidine rings is 1. The first-order valence-electron chi connectivity index (χ1n) is 11.5. The highest BCUT2D eigenvalue weighted by atomic mass is 32.2. The molecule has 2 N–H and O–H groups in total. The Morgan fingerprint density at radius 3 is 2.28 bits per heavy atom. The number of carbonyl (C=O) groups excluding carboxylic acids is 1. The number of hydrogen-bond donors (Lipinski definition) is 2. The van der Waals surface area contributed by atoms with E-state index in [0.29, 0.717) is 31.6 Å². The second-order valence-corrected chi connectivity index (χ2v) is 10.3. The summed E-state index contributed by atoms with van der Waals surface area (Å²) < 4.78 is 40.7. The van der Waals surface area contributed by atoms with Crippen LogP contribution in [0.15, 0.2) is 84.0 Å². The maximum Gasteiger partial charge on any atom is 0.331 e. The monoisotopic (exact) mass is 505 g/mol. The van der Waals surface area contributed by atoms with Gasteiger partial charge in [0.05, 0.1) is 4.90 Å². The van der Waals surface area contributed by atoms with Crippen molar-refractivity contribution in [2.75, 3.05) is 13.1 Å². The lowest BCUT2D eigenvalue weighted by Gasteiger charge is -2.31. The predicted octanol–water partition coefficient (Wildman–Crippen LogP) is 4.56. The molecule has 4 aromatic rings. The first kappa shape index (κ1) is 23.7. The van der Waals surface area contributed by atoms with Crippen LogP contribution in [0.3, 0.4) is 0 Å². The van der Waals surface area contributed by atoms with E-state index in [1.54, 1.807) is 42.7 Å². The van der Waals surface area contributed by atoms with Gasteiger partial charge in [0.15, 0.2) is 0 Å². The molecule has 0 unspecified atom stereocenters. The van der Waals surface area contributed by atoms with Gasteiger partial charge in [0, 0.05) is 48.2 Å². The molecule has 1 saturated heterocycles. The van der Waals surface area contributed by atoms with Crippen LogP contribution >= 0.6 is 0 Å². The number of halogens is 1. The molecule has 2 amide bonds. The van der Waals surface area contributed by atoms with Gasteiger partial charge in [-0.15, -0.1) is 0 Å². The van der Waals surface area contributed by atoms with Crippen LogP contribution in [-0.4, -0.2) is 47.6 Å². The number of amides is 2. The van der Waals surface area contributed by atoms with E-state index >= 15 is 0 Å². The smallest absolute Gasteiger partial charge is 0.324 e. The Balaban J connectivity index is 1.35. The van der Waals surface area contributed by atoms with Crippen LogP contribution in [-0.2, 0) is 10.0 Å². The Hall–Kier alpha value is -4.05. The van der Waals surface area contributed by atoms with Gasteiger partial charge in [0.2, 0.25) is 0 Å². The van der Waals surface area contributed by atoms with Crippen molar-refractivity contribution in [3.05, 3.63) is 90.6 Å². The van der Waals surface area contributed by atoms with Crippen molar-refractivity contribution in [3.63, 3.8) is 0 Å². The van der Waals surface area contributed by atoms with E-state index in [0.717, 1.165) is 22.4 Å². The molecular weight excluding hydrogens is 481 g/mol. The molecule has 0 atom stereocenters. The first-order chi connectivity index (χ1) is 17.4. The molecule has 0 bridgehead atoms. The third-order valence-electron chi connectivity index (χ3n) is 6.35. The summed E-state index contributed by atoms with van der Waals surface area (Å²) >= 11 is 0. The van der Waals surface area contributed by atoms with E-state index in [-0.39, 0.29) is 16.6 Å². The second-order valence-electron chi connectivity index (χ2n) is 8.59. The number of aromatic amines is 1. The molecule has 5 rings (SSSR count). The maximum atomic E-state index is 13.5. The minimum atomic E-state index is -3.94. The van der Waals surface area contributed by atoms with Crippen molar-refractivity contribution in [2.24, 2.45) is 0 Å². The van der Waals surface area contributed by atoms with Gasteiger partial charge >= 0.3 is 6.03 Å². The maximum absolute atomic E-state index is 13.5. The summed E-state index contributed by atoms with van der Waals surface area (Å²) in [5.41, 5.74) is 4.28. The number of H-pyrrole nitrogens is 1. The van der Waals surface area contributed by atoms with Crippen molar-refractivity contribution in [2.45, 2.75) is 23.7 Å². The van der Waals surface area contributed by atoms with Crippen LogP contribution in [0.1, 0.15) is 24.5 Å². The largest absolute Gasteiger partial charge is 0.331 e. The summed E-state index contributed by atoms with van der Waals surface area (Å²) in [6.07, 6.45) is 4.67. The zero-order valence-corrected chi connectivity index (χ0v) is 20.1. The number of nitrogens with zero attached hydrogens (tertiary/aromatic N) is 3. The number of nitrogens with one attached hydrogen (secondary N) is 2. The molecule has 3 heterocycles. The van der Waals surface area contributed by atoms with Crippen molar-refractivity contribution in [1.29, 1.82) is 0 Å². The lowest BCUT2D eigenvalue weighted by atomic mass is 9.88. The minimum absolute atomic E-state index is 0.0426. The average molecular weight is 506 g/mol. The van der Waals surface area contributed by atoms with Crippen molar-refractivity contribution in [1.82, 2.24) is 24.8 Å². The Kier molecular flexibility index (Phi) is 6.51. The van der Waals surface area contributed by atoms with Crippen LogP contribution in [0, 0.1) is 5.82 Å². The fraction of sp³-hybridized carbons (Fsp3) is 0.192. The molecule has 0 radical (unpaired) electrons. The standard InChI is InChI=1S/C26H24FN5O3S/c27-21-8-6-19(7-9-21)24-23(18-10-14-28-15-11-18)25(30-29-24)20-12-16-32(17-13-20)26(33)31-36(34,35)22-4-2-1-3-5-22/h1-11,14-15,20H,12-13,16-17H2,(H,29,30)(H,31,33). The van der Waals surface area contributed by atoms with Gasteiger partial charge in [0.25, 0.3) is 10.0 Å². The van der Waals surface area contributed by atoms with Crippen molar-refractivity contribution >= 4 is 16.1 Å². The number of likely N-dealkylation sites (tertiary alicyclic amines) is 1. The van der Waals surface area contributed by atoms with Crippen LogP contribution in [0.4, 0.5) is 9.18 Å². The first-order valence-corrected chi connectivity index (χ1v) is 13.0. The van der Waals surface area contributed by atoms with Crippen molar-refractivity contribution < 1.29 is 17.6 Å². The Morgan fingerprint density at radius 1 is 0.944 bits per heavy atom. The normalized spacial score (nSPS) is 14.5. The Morgan fingerprint density at radius 2 is 1.61 bits per heavy atom.